The molecule has 1 heterocycles. The first-order chi connectivity index (χ1) is 8.75. The maximum atomic E-state index is 5.72. The third-order valence-corrected chi connectivity index (χ3v) is 3.06. The summed E-state index contributed by atoms with van der Waals surface area (Å²) >= 11 is 5.72. The highest BCUT2D eigenvalue weighted by Crippen LogP contribution is 2.18. The van der Waals surface area contributed by atoms with E-state index in [-0.39, 0.29) is 5.28 Å². The summed E-state index contributed by atoms with van der Waals surface area (Å²) in [7, 11) is 0. The van der Waals surface area contributed by atoms with E-state index in [1.54, 1.807) is 6.20 Å². The van der Waals surface area contributed by atoms with E-state index in [0.29, 0.717) is 5.92 Å². The van der Waals surface area contributed by atoms with Crippen molar-refractivity contribution in [2.75, 3.05) is 11.9 Å². The van der Waals surface area contributed by atoms with Crippen LogP contribution in [0.25, 0.3) is 0 Å². The van der Waals surface area contributed by atoms with Crippen LogP contribution in [0, 0.1) is 0 Å². The molecule has 0 saturated carbocycles. The van der Waals surface area contributed by atoms with Crippen molar-refractivity contribution in [1.82, 2.24) is 9.97 Å². The van der Waals surface area contributed by atoms with Crippen molar-refractivity contribution in [3.63, 3.8) is 0 Å². The lowest BCUT2D eigenvalue weighted by Gasteiger charge is -2.12. The molecule has 4 heteroatoms. The summed E-state index contributed by atoms with van der Waals surface area (Å²) in [5.41, 5.74) is 1.36. The molecular formula is C14H16ClN3. The van der Waals surface area contributed by atoms with E-state index in [1.165, 1.54) is 5.56 Å². The smallest absolute Gasteiger partial charge is 0.224 e. The highest BCUT2D eigenvalue weighted by molar-refractivity contribution is 6.28. The van der Waals surface area contributed by atoms with Crippen molar-refractivity contribution in [3.8, 4) is 0 Å². The molecule has 0 fully saturated rings. The Morgan fingerprint density at radius 2 is 2.00 bits per heavy atom. The Hall–Kier alpha value is -1.61. The fraction of sp³-hybridized carbons (Fsp3) is 0.286. The Balaban J connectivity index is 1.82. The van der Waals surface area contributed by atoms with Gasteiger partial charge in [-0.05, 0) is 35.6 Å². The van der Waals surface area contributed by atoms with Gasteiger partial charge in [-0.1, -0.05) is 37.3 Å². The topological polar surface area (TPSA) is 37.8 Å². The Morgan fingerprint density at radius 1 is 1.22 bits per heavy atom. The lowest BCUT2D eigenvalue weighted by Crippen LogP contribution is -2.07. The van der Waals surface area contributed by atoms with Crippen LogP contribution in [0.4, 0.5) is 5.82 Å². The lowest BCUT2D eigenvalue weighted by atomic mass is 9.98. The molecule has 0 aliphatic carbocycles. The molecule has 3 nitrogen and oxygen atoms in total. The van der Waals surface area contributed by atoms with Crippen LogP contribution in [0.5, 0.6) is 0 Å². The highest BCUT2D eigenvalue weighted by Gasteiger charge is 2.04. The predicted molar refractivity (Wildman–Crippen MR) is 75.0 cm³/mol. The number of nitrogens with one attached hydrogen (secondary N) is 1. The van der Waals surface area contributed by atoms with E-state index < -0.39 is 0 Å². The Morgan fingerprint density at radius 3 is 2.72 bits per heavy atom. The first kappa shape index (κ1) is 12.8. The fourth-order valence-corrected chi connectivity index (χ4v) is 1.95. The van der Waals surface area contributed by atoms with Gasteiger partial charge in [0.05, 0.1) is 0 Å². The minimum absolute atomic E-state index is 0.274. The van der Waals surface area contributed by atoms with Gasteiger partial charge in [-0.25, -0.2) is 9.97 Å². The van der Waals surface area contributed by atoms with Gasteiger partial charge in [-0.3, -0.25) is 0 Å². The summed E-state index contributed by atoms with van der Waals surface area (Å²) in [6.07, 6.45) is 2.70. The SMILES string of the molecule is CC(CCNc1ccnc(Cl)n1)c1ccccc1. The standard InChI is InChI=1S/C14H16ClN3/c1-11(12-5-3-2-4-6-12)7-9-16-13-8-10-17-14(15)18-13/h2-6,8,10-11H,7,9H2,1H3,(H,16,17,18). The largest absolute Gasteiger partial charge is 0.370 e. The Bertz CT molecular complexity index is 487. The van der Waals surface area contributed by atoms with Gasteiger partial charge in [0, 0.05) is 12.7 Å². The second-order valence-corrected chi connectivity index (χ2v) is 4.58. The van der Waals surface area contributed by atoms with Crippen LogP contribution in [0.15, 0.2) is 42.6 Å². The average molecular weight is 262 g/mol. The number of benzene rings is 1. The van der Waals surface area contributed by atoms with Crippen LogP contribution >= 0.6 is 11.6 Å². The van der Waals surface area contributed by atoms with E-state index in [4.69, 9.17) is 11.6 Å². The van der Waals surface area contributed by atoms with Crippen LogP contribution in [0.3, 0.4) is 0 Å². The van der Waals surface area contributed by atoms with E-state index in [1.807, 2.05) is 12.1 Å². The molecule has 1 aromatic carbocycles. The lowest BCUT2D eigenvalue weighted by molar-refractivity contribution is 0.704. The molecule has 1 unspecified atom stereocenters. The Kier molecular flexibility index (Phi) is 4.53. The van der Waals surface area contributed by atoms with Gasteiger partial charge in [0.2, 0.25) is 5.28 Å². The fourth-order valence-electron chi connectivity index (χ4n) is 1.80. The normalized spacial score (nSPS) is 12.1. The van der Waals surface area contributed by atoms with Crippen LogP contribution in [0.2, 0.25) is 5.28 Å². The summed E-state index contributed by atoms with van der Waals surface area (Å²) in [6, 6.07) is 12.3. The number of aromatic nitrogens is 2. The minimum atomic E-state index is 0.274. The van der Waals surface area contributed by atoms with E-state index >= 15 is 0 Å². The first-order valence-electron chi connectivity index (χ1n) is 6.03. The minimum Gasteiger partial charge on any atom is -0.370 e. The number of hydrogen-bond donors (Lipinski definition) is 1. The molecule has 0 amide bonds. The summed E-state index contributed by atoms with van der Waals surface area (Å²) < 4.78 is 0. The molecule has 18 heavy (non-hydrogen) atoms. The molecule has 94 valence electrons. The maximum absolute atomic E-state index is 5.72. The molecule has 0 spiro atoms. The summed E-state index contributed by atoms with van der Waals surface area (Å²) in [6.45, 7) is 3.09. The zero-order chi connectivity index (χ0) is 12.8. The van der Waals surface area contributed by atoms with E-state index in [0.717, 1.165) is 18.8 Å². The molecule has 0 aliphatic heterocycles. The van der Waals surface area contributed by atoms with Gasteiger partial charge in [-0.2, -0.15) is 0 Å². The average Bonchev–Trinajstić information content (AvgIpc) is 2.40. The molecular weight excluding hydrogens is 246 g/mol. The van der Waals surface area contributed by atoms with Crippen molar-refractivity contribution >= 4 is 17.4 Å². The molecule has 2 rings (SSSR count). The molecule has 0 aliphatic rings. The number of anilines is 1. The number of halogens is 1. The zero-order valence-electron chi connectivity index (χ0n) is 10.3. The van der Waals surface area contributed by atoms with E-state index in [2.05, 4.69) is 46.5 Å². The maximum Gasteiger partial charge on any atom is 0.224 e. The monoisotopic (exact) mass is 261 g/mol. The van der Waals surface area contributed by atoms with Crippen molar-refractivity contribution in [1.29, 1.82) is 0 Å². The van der Waals surface area contributed by atoms with E-state index in [9.17, 15) is 0 Å². The second kappa shape index (κ2) is 6.36. The van der Waals surface area contributed by atoms with Gasteiger partial charge < -0.3 is 5.32 Å². The van der Waals surface area contributed by atoms with Gasteiger partial charge >= 0.3 is 0 Å². The van der Waals surface area contributed by atoms with Crippen molar-refractivity contribution in [3.05, 3.63) is 53.4 Å². The summed E-state index contributed by atoms with van der Waals surface area (Å²) in [5.74, 6) is 1.30. The van der Waals surface area contributed by atoms with Gasteiger partial charge in [-0.15, -0.1) is 0 Å². The molecule has 0 radical (unpaired) electrons. The molecule has 1 N–H and O–H groups in total. The number of rotatable bonds is 5. The predicted octanol–water partition coefficient (Wildman–Crippen LogP) is 3.74. The van der Waals surface area contributed by atoms with Gasteiger partial charge in [0.15, 0.2) is 0 Å². The molecule has 1 aromatic heterocycles. The zero-order valence-corrected chi connectivity index (χ0v) is 11.1. The number of nitrogens with zero attached hydrogens (tertiary/aromatic N) is 2. The van der Waals surface area contributed by atoms with Crippen LogP contribution < -0.4 is 5.32 Å². The molecule has 0 saturated heterocycles. The molecule has 1 atom stereocenters. The van der Waals surface area contributed by atoms with Gasteiger partial charge in [0.1, 0.15) is 5.82 Å². The first-order valence-corrected chi connectivity index (χ1v) is 6.41. The molecule has 2 aromatic rings. The quantitative estimate of drug-likeness (QED) is 0.834. The van der Waals surface area contributed by atoms with Crippen LogP contribution in [-0.4, -0.2) is 16.5 Å². The van der Waals surface area contributed by atoms with Crippen LogP contribution in [0.1, 0.15) is 24.8 Å². The third-order valence-electron chi connectivity index (χ3n) is 2.88. The second-order valence-electron chi connectivity index (χ2n) is 4.24. The number of hydrogen-bond acceptors (Lipinski definition) is 3. The van der Waals surface area contributed by atoms with Crippen molar-refractivity contribution in [2.24, 2.45) is 0 Å². The Labute approximate surface area is 112 Å². The van der Waals surface area contributed by atoms with Crippen LogP contribution in [-0.2, 0) is 0 Å². The summed E-state index contributed by atoms with van der Waals surface area (Å²) in [5, 5.41) is 3.52. The molecule has 0 bridgehead atoms. The third kappa shape index (κ3) is 3.70. The van der Waals surface area contributed by atoms with Gasteiger partial charge in [0.25, 0.3) is 0 Å². The highest BCUT2D eigenvalue weighted by atomic mass is 35.5. The van der Waals surface area contributed by atoms with Crippen molar-refractivity contribution < 1.29 is 0 Å². The van der Waals surface area contributed by atoms with Crippen molar-refractivity contribution in [2.45, 2.75) is 19.3 Å². The summed E-state index contributed by atoms with van der Waals surface area (Å²) in [4.78, 5) is 7.93.